The van der Waals surface area contributed by atoms with Gasteiger partial charge in [-0.2, -0.15) is 0 Å². The van der Waals surface area contributed by atoms with Crippen LogP contribution in [0.5, 0.6) is 0 Å². The molecule has 0 saturated carbocycles. The van der Waals surface area contributed by atoms with Gasteiger partial charge >= 0.3 is 23.9 Å². The van der Waals surface area contributed by atoms with Crippen molar-refractivity contribution in [2.45, 2.75) is 66.3 Å². The zero-order valence-corrected chi connectivity index (χ0v) is 15.5. The summed E-state index contributed by atoms with van der Waals surface area (Å²) in [6, 6.07) is 0. The van der Waals surface area contributed by atoms with Gasteiger partial charge < -0.3 is 28.4 Å². The Morgan fingerprint density at radius 2 is 0.875 bits per heavy atom. The summed E-state index contributed by atoms with van der Waals surface area (Å²) in [5.74, 6) is -4.19. The maximum absolute atomic E-state index is 11.9. The summed E-state index contributed by atoms with van der Waals surface area (Å²) in [5.41, 5.74) is 0. The number of esters is 2. The molecule has 0 aromatic heterocycles. The predicted octanol–water partition coefficient (Wildman–Crippen LogP) is 2.35. The highest BCUT2D eigenvalue weighted by atomic mass is 16.9. The summed E-state index contributed by atoms with van der Waals surface area (Å²) in [6.45, 7) is 11.3. The maximum atomic E-state index is 11.9. The summed E-state index contributed by atoms with van der Waals surface area (Å²) < 4.78 is 31.4. The Hall–Kier alpha value is -1.22. The molecule has 0 fully saturated rings. The minimum absolute atomic E-state index is 0.178. The number of carbonyl (C=O) groups excluding carboxylic acids is 2. The highest BCUT2D eigenvalue weighted by Gasteiger charge is 2.32. The van der Waals surface area contributed by atoms with Crippen molar-refractivity contribution in [3.63, 3.8) is 0 Å². The van der Waals surface area contributed by atoms with Crippen molar-refractivity contribution >= 4 is 11.9 Å². The van der Waals surface area contributed by atoms with Gasteiger partial charge in [0.15, 0.2) is 0 Å². The Morgan fingerprint density at radius 1 is 0.625 bits per heavy atom. The Bertz CT molecular complexity index is 334. The summed E-state index contributed by atoms with van der Waals surface area (Å²) in [4.78, 5) is 23.8. The van der Waals surface area contributed by atoms with Gasteiger partial charge in [0, 0.05) is 13.8 Å². The summed E-state index contributed by atoms with van der Waals surface area (Å²) in [7, 11) is 0. The molecule has 142 valence electrons. The lowest BCUT2D eigenvalue weighted by molar-refractivity contribution is -0.352. The van der Waals surface area contributed by atoms with Crippen LogP contribution in [0.15, 0.2) is 0 Å². The lowest BCUT2D eigenvalue weighted by Gasteiger charge is -2.29. The van der Waals surface area contributed by atoms with Crippen molar-refractivity contribution in [2.75, 3.05) is 26.4 Å². The van der Waals surface area contributed by atoms with Crippen molar-refractivity contribution in [2.24, 2.45) is 0 Å². The van der Waals surface area contributed by atoms with Crippen LogP contribution in [0.3, 0.4) is 0 Å². The standard InChI is InChI=1S/C16H30O8/c1-7-19-15(5,20-8-2)23-13(17)11-12-14(18)24-16(6,21-9-3)22-10-4/h7-12H2,1-6H3. The average Bonchev–Trinajstić information content (AvgIpc) is 2.45. The van der Waals surface area contributed by atoms with Crippen molar-refractivity contribution in [1.29, 1.82) is 0 Å². The molecular formula is C16H30O8. The fourth-order valence-electron chi connectivity index (χ4n) is 1.97. The fourth-order valence-corrected chi connectivity index (χ4v) is 1.97. The minimum Gasteiger partial charge on any atom is -0.408 e. The average molecular weight is 350 g/mol. The van der Waals surface area contributed by atoms with Crippen LogP contribution >= 0.6 is 0 Å². The first-order chi connectivity index (χ1) is 11.2. The highest BCUT2D eigenvalue weighted by Crippen LogP contribution is 2.18. The van der Waals surface area contributed by atoms with E-state index in [1.54, 1.807) is 27.7 Å². The Balaban J connectivity index is 4.45. The van der Waals surface area contributed by atoms with Crippen molar-refractivity contribution in [1.82, 2.24) is 0 Å². The molecule has 0 aliphatic carbocycles. The van der Waals surface area contributed by atoms with Crippen LogP contribution in [0.2, 0.25) is 0 Å². The van der Waals surface area contributed by atoms with Gasteiger partial charge in [0.05, 0.1) is 39.3 Å². The van der Waals surface area contributed by atoms with E-state index in [-0.39, 0.29) is 12.8 Å². The van der Waals surface area contributed by atoms with E-state index in [4.69, 9.17) is 28.4 Å². The van der Waals surface area contributed by atoms with Crippen LogP contribution in [0.25, 0.3) is 0 Å². The minimum atomic E-state index is -1.46. The van der Waals surface area contributed by atoms with Gasteiger partial charge in [-0.1, -0.05) is 0 Å². The zero-order valence-electron chi connectivity index (χ0n) is 15.5. The van der Waals surface area contributed by atoms with Crippen LogP contribution in [-0.2, 0) is 38.0 Å². The molecule has 0 rings (SSSR count). The molecule has 0 aromatic rings. The van der Waals surface area contributed by atoms with Crippen molar-refractivity contribution < 1.29 is 38.0 Å². The third kappa shape index (κ3) is 9.17. The molecule has 0 aliphatic rings. The molecule has 0 amide bonds. The Labute approximate surface area is 143 Å². The Kier molecular flexibility index (Phi) is 10.8. The topological polar surface area (TPSA) is 89.5 Å². The number of ether oxygens (including phenoxy) is 6. The second-order valence-electron chi connectivity index (χ2n) is 4.90. The van der Waals surface area contributed by atoms with Crippen LogP contribution < -0.4 is 0 Å². The van der Waals surface area contributed by atoms with Gasteiger partial charge in [-0.3, -0.25) is 9.59 Å². The smallest absolute Gasteiger partial charge is 0.326 e. The van der Waals surface area contributed by atoms with Gasteiger partial charge in [-0.25, -0.2) is 0 Å². The lowest BCUT2D eigenvalue weighted by atomic mass is 10.3. The fraction of sp³-hybridized carbons (Fsp3) is 0.875. The number of rotatable bonds is 13. The third-order valence-corrected chi connectivity index (χ3v) is 2.76. The van der Waals surface area contributed by atoms with E-state index in [9.17, 15) is 9.59 Å². The van der Waals surface area contributed by atoms with Crippen molar-refractivity contribution in [3.8, 4) is 0 Å². The van der Waals surface area contributed by atoms with E-state index < -0.39 is 23.9 Å². The number of carbonyl (C=O) groups is 2. The second-order valence-corrected chi connectivity index (χ2v) is 4.90. The van der Waals surface area contributed by atoms with Crippen LogP contribution in [0.4, 0.5) is 0 Å². The van der Waals surface area contributed by atoms with E-state index in [0.717, 1.165) is 0 Å². The van der Waals surface area contributed by atoms with E-state index in [0.29, 0.717) is 26.4 Å². The SMILES string of the molecule is CCOC(C)(OCC)OC(=O)CCC(=O)OC(C)(OCC)OCC. The molecule has 0 aromatic carbocycles. The molecule has 0 atom stereocenters. The van der Waals surface area contributed by atoms with Gasteiger partial charge in [-0.05, 0) is 27.7 Å². The van der Waals surface area contributed by atoms with E-state index in [1.165, 1.54) is 13.8 Å². The van der Waals surface area contributed by atoms with Gasteiger partial charge in [-0.15, -0.1) is 0 Å². The summed E-state index contributed by atoms with van der Waals surface area (Å²) in [6.07, 6.45) is -0.355. The van der Waals surface area contributed by atoms with E-state index in [2.05, 4.69) is 0 Å². The van der Waals surface area contributed by atoms with Gasteiger partial charge in [0.1, 0.15) is 0 Å². The number of hydrogen-bond acceptors (Lipinski definition) is 8. The summed E-state index contributed by atoms with van der Waals surface area (Å²) in [5, 5.41) is 0. The van der Waals surface area contributed by atoms with Gasteiger partial charge in [0.2, 0.25) is 0 Å². The van der Waals surface area contributed by atoms with Gasteiger partial charge in [0.25, 0.3) is 0 Å². The quantitative estimate of drug-likeness (QED) is 0.369. The normalized spacial score (nSPS) is 12.1. The van der Waals surface area contributed by atoms with Crippen LogP contribution in [0, 0.1) is 0 Å². The van der Waals surface area contributed by atoms with Crippen molar-refractivity contribution in [3.05, 3.63) is 0 Å². The molecule has 0 heterocycles. The summed E-state index contributed by atoms with van der Waals surface area (Å²) >= 11 is 0. The lowest BCUT2D eigenvalue weighted by Crippen LogP contribution is -2.39. The van der Waals surface area contributed by atoms with E-state index >= 15 is 0 Å². The molecule has 8 nitrogen and oxygen atoms in total. The molecule has 0 radical (unpaired) electrons. The van der Waals surface area contributed by atoms with Crippen LogP contribution in [0.1, 0.15) is 54.4 Å². The first kappa shape index (κ1) is 22.8. The second kappa shape index (κ2) is 11.4. The maximum Gasteiger partial charge on any atom is 0.326 e. The highest BCUT2D eigenvalue weighted by molar-refractivity contribution is 5.77. The zero-order chi connectivity index (χ0) is 18.6. The largest absolute Gasteiger partial charge is 0.408 e. The molecule has 0 spiro atoms. The third-order valence-electron chi connectivity index (χ3n) is 2.76. The molecule has 0 saturated heterocycles. The molecule has 24 heavy (non-hydrogen) atoms. The molecule has 0 aliphatic heterocycles. The molecule has 0 N–H and O–H groups in total. The predicted molar refractivity (Wildman–Crippen MR) is 84.7 cm³/mol. The monoisotopic (exact) mass is 350 g/mol. The first-order valence-corrected chi connectivity index (χ1v) is 8.23. The van der Waals surface area contributed by atoms with Crippen LogP contribution in [-0.4, -0.2) is 50.3 Å². The number of hydrogen-bond donors (Lipinski definition) is 0. The molecular weight excluding hydrogens is 320 g/mol. The first-order valence-electron chi connectivity index (χ1n) is 8.23. The molecule has 8 heteroatoms. The molecule has 0 unspecified atom stereocenters. The molecule has 0 bridgehead atoms. The Morgan fingerprint density at radius 3 is 1.08 bits per heavy atom. The van der Waals surface area contributed by atoms with E-state index in [1.807, 2.05) is 0 Å².